The fourth-order valence-electron chi connectivity index (χ4n) is 2.62. The molecular formula is C24H18BrFN2O2. The zero-order valence-corrected chi connectivity index (χ0v) is 17.7. The molecule has 0 atom stereocenters. The van der Waals surface area contributed by atoms with Gasteiger partial charge in [-0.2, -0.15) is 5.26 Å². The second-order valence-corrected chi connectivity index (χ2v) is 7.45. The lowest BCUT2D eigenvalue weighted by atomic mass is 10.1. The standard InChI is InChI=1S/C24H18BrFN2O2/c1-16-2-9-21(10-3-16)28-24(29)19(14-27)12-18-6-11-23(22(25)13-18)30-15-17-4-7-20(26)8-5-17/h2-13H,15H2,1H3,(H,28,29)/b19-12+. The highest BCUT2D eigenvalue weighted by atomic mass is 79.9. The van der Waals surface area contributed by atoms with E-state index >= 15 is 0 Å². The summed E-state index contributed by atoms with van der Waals surface area (Å²) in [6.45, 7) is 2.24. The Balaban J connectivity index is 1.69. The van der Waals surface area contributed by atoms with Crippen molar-refractivity contribution in [1.29, 1.82) is 5.26 Å². The third-order valence-electron chi connectivity index (χ3n) is 4.25. The third-order valence-corrected chi connectivity index (χ3v) is 4.87. The molecule has 30 heavy (non-hydrogen) atoms. The molecule has 1 N–H and O–H groups in total. The van der Waals surface area contributed by atoms with Gasteiger partial charge in [0.05, 0.1) is 4.47 Å². The van der Waals surface area contributed by atoms with E-state index in [1.807, 2.05) is 25.1 Å². The van der Waals surface area contributed by atoms with E-state index in [0.717, 1.165) is 11.1 Å². The fraction of sp³-hybridized carbons (Fsp3) is 0.0833. The van der Waals surface area contributed by atoms with Crippen molar-refractivity contribution in [3.8, 4) is 11.8 Å². The van der Waals surface area contributed by atoms with Crippen LogP contribution in [-0.2, 0) is 11.4 Å². The Hall–Kier alpha value is -3.43. The number of nitriles is 1. The van der Waals surface area contributed by atoms with Crippen molar-refractivity contribution in [3.63, 3.8) is 0 Å². The number of benzene rings is 3. The number of nitrogens with one attached hydrogen (secondary N) is 1. The average Bonchev–Trinajstić information content (AvgIpc) is 2.74. The minimum atomic E-state index is -0.478. The molecule has 6 heteroatoms. The maximum atomic E-state index is 13.0. The van der Waals surface area contributed by atoms with Gasteiger partial charge in [-0.25, -0.2) is 4.39 Å². The van der Waals surface area contributed by atoms with Gasteiger partial charge in [0.25, 0.3) is 5.91 Å². The van der Waals surface area contributed by atoms with Crippen LogP contribution in [0.5, 0.6) is 5.75 Å². The van der Waals surface area contributed by atoms with Gasteiger partial charge in [0.15, 0.2) is 0 Å². The topological polar surface area (TPSA) is 62.1 Å². The van der Waals surface area contributed by atoms with Gasteiger partial charge in [0.2, 0.25) is 0 Å². The van der Waals surface area contributed by atoms with Crippen molar-refractivity contribution in [2.75, 3.05) is 5.32 Å². The number of nitrogens with zero attached hydrogens (tertiary/aromatic N) is 1. The molecule has 0 fully saturated rings. The largest absolute Gasteiger partial charge is 0.488 e. The summed E-state index contributed by atoms with van der Waals surface area (Å²) < 4.78 is 19.4. The highest BCUT2D eigenvalue weighted by Crippen LogP contribution is 2.28. The molecule has 0 bridgehead atoms. The van der Waals surface area contributed by atoms with Crippen LogP contribution in [0.2, 0.25) is 0 Å². The van der Waals surface area contributed by atoms with Crippen molar-refractivity contribution < 1.29 is 13.9 Å². The summed E-state index contributed by atoms with van der Waals surface area (Å²) >= 11 is 3.44. The molecular weight excluding hydrogens is 447 g/mol. The molecule has 0 aliphatic heterocycles. The van der Waals surface area contributed by atoms with Crippen LogP contribution in [0.3, 0.4) is 0 Å². The summed E-state index contributed by atoms with van der Waals surface area (Å²) in [5.74, 6) is -0.177. The average molecular weight is 465 g/mol. The smallest absolute Gasteiger partial charge is 0.266 e. The van der Waals surface area contributed by atoms with E-state index in [1.54, 1.807) is 42.5 Å². The van der Waals surface area contributed by atoms with E-state index in [-0.39, 0.29) is 18.0 Å². The molecule has 0 radical (unpaired) electrons. The molecule has 3 aromatic rings. The molecule has 1 amide bonds. The van der Waals surface area contributed by atoms with Gasteiger partial charge >= 0.3 is 0 Å². The van der Waals surface area contributed by atoms with Crippen LogP contribution in [-0.4, -0.2) is 5.91 Å². The summed E-state index contributed by atoms with van der Waals surface area (Å²) in [6, 6.07) is 20.6. The summed E-state index contributed by atoms with van der Waals surface area (Å²) in [5, 5.41) is 12.1. The maximum absolute atomic E-state index is 13.0. The number of carbonyl (C=O) groups excluding carboxylic acids is 1. The normalized spacial score (nSPS) is 10.9. The van der Waals surface area contributed by atoms with E-state index in [1.165, 1.54) is 18.2 Å². The van der Waals surface area contributed by atoms with Crippen LogP contribution in [0.15, 0.2) is 76.8 Å². The molecule has 0 saturated heterocycles. The summed E-state index contributed by atoms with van der Waals surface area (Å²) in [6.07, 6.45) is 1.51. The Labute approximate surface area is 182 Å². The number of aryl methyl sites for hydroxylation is 1. The highest BCUT2D eigenvalue weighted by Gasteiger charge is 2.10. The summed E-state index contributed by atoms with van der Waals surface area (Å²) in [4.78, 5) is 12.4. The lowest BCUT2D eigenvalue weighted by Gasteiger charge is -2.09. The van der Waals surface area contributed by atoms with Crippen LogP contribution < -0.4 is 10.1 Å². The number of anilines is 1. The first-order chi connectivity index (χ1) is 14.4. The van der Waals surface area contributed by atoms with Crippen molar-refractivity contribution >= 4 is 33.6 Å². The second-order valence-electron chi connectivity index (χ2n) is 6.59. The highest BCUT2D eigenvalue weighted by molar-refractivity contribution is 9.10. The lowest BCUT2D eigenvalue weighted by Crippen LogP contribution is -2.13. The lowest BCUT2D eigenvalue weighted by molar-refractivity contribution is -0.112. The van der Waals surface area contributed by atoms with Crippen molar-refractivity contribution in [2.45, 2.75) is 13.5 Å². The van der Waals surface area contributed by atoms with Crippen LogP contribution >= 0.6 is 15.9 Å². The fourth-order valence-corrected chi connectivity index (χ4v) is 3.13. The van der Waals surface area contributed by atoms with Gasteiger partial charge < -0.3 is 10.1 Å². The van der Waals surface area contributed by atoms with Gasteiger partial charge in [-0.05, 0) is 76.5 Å². The van der Waals surface area contributed by atoms with Crippen LogP contribution in [0.4, 0.5) is 10.1 Å². The first-order valence-corrected chi connectivity index (χ1v) is 9.90. The van der Waals surface area contributed by atoms with Crippen molar-refractivity contribution in [1.82, 2.24) is 0 Å². The molecule has 0 aromatic heterocycles. The number of ether oxygens (including phenoxy) is 1. The zero-order chi connectivity index (χ0) is 21.5. The predicted molar refractivity (Wildman–Crippen MR) is 118 cm³/mol. The predicted octanol–water partition coefficient (Wildman–Crippen LogP) is 6.02. The molecule has 150 valence electrons. The van der Waals surface area contributed by atoms with Gasteiger partial charge in [-0.15, -0.1) is 0 Å². The van der Waals surface area contributed by atoms with Crippen molar-refractivity contribution in [2.24, 2.45) is 0 Å². The van der Waals surface area contributed by atoms with E-state index in [2.05, 4.69) is 21.2 Å². The van der Waals surface area contributed by atoms with Gasteiger partial charge in [0.1, 0.15) is 29.8 Å². The monoisotopic (exact) mass is 464 g/mol. The summed E-state index contributed by atoms with van der Waals surface area (Å²) in [5.41, 5.74) is 3.20. The Bertz CT molecular complexity index is 1120. The van der Waals surface area contributed by atoms with Gasteiger partial charge in [0, 0.05) is 5.69 Å². The molecule has 0 aliphatic carbocycles. The van der Waals surface area contributed by atoms with Crippen molar-refractivity contribution in [3.05, 3.63) is 99.3 Å². The summed E-state index contributed by atoms with van der Waals surface area (Å²) in [7, 11) is 0. The van der Waals surface area contributed by atoms with Crippen LogP contribution in [0.1, 0.15) is 16.7 Å². The number of hydrogen-bond acceptors (Lipinski definition) is 3. The minimum absolute atomic E-state index is 0.0116. The van der Waals surface area contributed by atoms with Gasteiger partial charge in [-0.1, -0.05) is 35.9 Å². The number of amides is 1. The Morgan fingerprint density at radius 1 is 1.13 bits per heavy atom. The number of halogens is 2. The molecule has 3 rings (SSSR count). The number of hydrogen-bond donors (Lipinski definition) is 1. The quantitative estimate of drug-likeness (QED) is 0.358. The number of carbonyl (C=O) groups is 1. The Morgan fingerprint density at radius 3 is 2.47 bits per heavy atom. The molecule has 3 aromatic carbocycles. The third kappa shape index (κ3) is 5.79. The molecule has 0 heterocycles. The molecule has 0 unspecified atom stereocenters. The number of rotatable bonds is 6. The van der Waals surface area contributed by atoms with Crippen LogP contribution in [0.25, 0.3) is 6.08 Å². The van der Waals surface area contributed by atoms with E-state index < -0.39 is 5.91 Å². The molecule has 0 saturated carbocycles. The first-order valence-electron chi connectivity index (χ1n) is 9.11. The minimum Gasteiger partial charge on any atom is -0.488 e. The Kier molecular flexibility index (Phi) is 6.99. The molecule has 0 spiro atoms. The maximum Gasteiger partial charge on any atom is 0.266 e. The second kappa shape index (κ2) is 9.86. The first kappa shape index (κ1) is 21.3. The van der Waals surface area contributed by atoms with Gasteiger partial charge in [-0.3, -0.25) is 4.79 Å². The Morgan fingerprint density at radius 2 is 1.83 bits per heavy atom. The van der Waals surface area contributed by atoms with E-state index in [0.29, 0.717) is 21.5 Å². The molecule has 4 nitrogen and oxygen atoms in total. The van der Waals surface area contributed by atoms with E-state index in [9.17, 15) is 14.4 Å². The van der Waals surface area contributed by atoms with Crippen LogP contribution in [0, 0.1) is 24.1 Å². The zero-order valence-electron chi connectivity index (χ0n) is 16.2. The van der Waals surface area contributed by atoms with E-state index in [4.69, 9.17) is 4.74 Å². The molecule has 0 aliphatic rings. The SMILES string of the molecule is Cc1ccc(NC(=O)/C(C#N)=C/c2ccc(OCc3ccc(F)cc3)c(Br)c2)cc1.